The molecule has 6 heteroatoms. The highest BCUT2D eigenvalue weighted by atomic mass is 79.9. The van der Waals surface area contributed by atoms with Crippen molar-refractivity contribution < 1.29 is 0 Å². The lowest BCUT2D eigenvalue weighted by molar-refractivity contribution is 0.312. The Balaban J connectivity index is 1.72. The van der Waals surface area contributed by atoms with Gasteiger partial charge in [0.15, 0.2) is 0 Å². The molecule has 5 nitrogen and oxygen atoms in total. The van der Waals surface area contributed by atoms with E-state index in [1.807, 2.05) is 30.3 Å². The molecular weight excluding hydrogens is 330 g/mol. The lowest BCUT2D eigenvalue weighted by atomic mass is 10.3. The summed E-state index contributed by atoms with van der Waals surface area (Å²) in [4.78, 5) is 13.3. The highest BCUT2D eigenvalue weighted by molar-refractivity contribution is 9.10. The van der Waals surface area contributed by atoms with Crippen LogP contribution >= 0.6 is 15.9 Å². The molecule has 2 heterocycles. The maximum Gasteiger partial charge on any atom is 0.135 e. The molecule has 1 fully saturated rings. The Kier molecular flexibility index (Phi) is 4.36. The van der Waals surface area contributed by atoms with Gasteiger partial charge in [0.2, 0.25) is 0 Å². The van der Waals surface area contributed by atoms with Crippen molar-refractivity contribution in [3.05, 3.63) is 41.1 Å². The van der Waals surface area contributed by atoms with Gasteiger partial charge in [-0.25, -0.2) is 9.97 Å². The lowest BCUT2D eigenvalue weighted by Gasteiger charge is -2.33. The van der Waals surface area contributed by atoms with E-state index in [1.165, 1.54) is 0 Å². The van der Waals surface area contributed by atoms with Gasteiger partial charge >= 0.3 is 0 Å². The first-order chi connectivity index (χ1) is 10.2. The number of aromatic nitrogens is 2. The third-order valence-electron chi connectivity index (χ3n) is 3.60. The van der Waals surface area contributed by atoms with Crippen molar-refractivity contribution in [2.24, 2.45) is 0 Å². The zero-order valence-corrected chi connectivity index (χ0v) is 13.5. The van der Waals surface area contributed by atoms with Crippen molar-refractivity contribution in [3.63, 3.8) is 0 Å². The molecule has 0 amide bonds. The standard InChI is InChI=1S/C15H18BrN5/c1-20-6-8-21(9-7-20)15-10-14(17-11-18-15)19-13-4-2-12(16)3-5-13/h2-5,10-11H,6-9H2,1H3,(H,17,18,19). The summed E-state index contributed by atoms with van der Waals surface area (Å²) in [6.45, 7) is 4.15. The summed E-state index contributed by atoms with van der Waals surface area (Å²) in [7, 11) is 2.15. The van der Waals surface area contributed by atoms with Crippen LogP contribution in [0.4, 0.5) is 17.3 Å². The number of piperazine rings is 1. The molecule has 1 N–H and O–H groups in total. The van der Waals surface area contributed by atoms with Crippen LogP contribution in [-0.2, 0) is 0 Å². The number of rotatable bonds is 3. The fourth-order valence-corrected chi connectivity index (χ4v) is 2.57. The summed E-state index contributed by atoms with van der Waals surface area (Å²) in [6.07, 6.45) is 1.62. The molecule has 3 rings (SSSR count). The van der Waals surface area contributed by atoms with Crippen LogP contribution in [0.5, 0.6) is 0 Å². The van der Waals surface area contributed by atoms with Crippen molar-refractivity contribution >= 4 is 33.3 Å². The lowest BCUT2D eigenvalue weighted by Crippen LogP contribution is -2.44. The highest BCUT2D eigenvalue weighted by Crippen LogP contribution is 2.20. The smallest absolute Gasteiger partial charge is 0.135 e. The molecule has 0 radical (unpaired) electrons. The monoisotopic (exact) mass is 347 g/mol. The second-order valence-corrected chi connectivity index (χ2v) is 6.10. The largest absolute Gasteiger partial charge is 0.354 e. The van der Waals surface area contributed by atoms with Gasteiger partial charge in [0.25, 0.3) is 0 Å². The van der Waals surface area contributed by atoms with E-state index < -0.39 is 0 Å². The van der Waals surface area contributed by atoms with Crippen molar-refractivity contribution in [1.82, 2.24) is 14.9 Å². The van der Waals surface area contributed by atoms with Crippen LogP contribution in [0, 0.1) is 0 Å². The summed E-state index contributed by atoms with van der Waals surface area (Å²) < 4.78 is 1.06. The first kappa shape index (κ1) is 14.3. The molecule has 21 heavy (non-hydrogen) atoms. The Morgan fingerprint density at radius 3 is 2.48 bits per heavy atom. The number of halogens is 1. The van der Waals surface area contributed by atoms with Crippen LogP contribution < -0.4 is 10.2 Å². The topological polar surface area (TPSA) is 44.3 Å². The summed E-state index contributed by atoms with van der Waals surface area (Å²) in [5, 5.41) is 3.31. The van der Waals surface area contributed by atoms with Crippen LogP contribution in [0.3, 0.4) is 0 Å². The molecule has 1 saturated heterocycles. The maximum atomic E-state index is 4.39. The summed E-state index contributed by atoms with van der Waals surface area (Å²) in [6, 6.07) is 10.0. The van der Waals surface area contributed by atoms with Gasteiger partial charge in [0.1, 0.15) is 18.0 Å². The van der Waals surface area contributed by atoms with E-state index in [0.717, 1.165) is 48.0 Å². The molecule has 1 aromatic carbocycles. The molecule has 2 aromatic rings. The number of benzene rings is 1. The molecule has 1 aliphatic heterocycles. The average Bonchev–Trinajstić information content (AvgIpc) is 2.51. The van der Waals surface area contributed by atoms with Crippen LogP contribution in [0.1, 0.15) is 0 Å². The van der Waals surface area contributed by atoms with Crippen molar-refractivity contribution in [2.75, 3.05) is 43.4 Å². The third kappa shape index (κ3) is 3.71. The molecule has 0 aliphatic carbocycles. The van der Waals surface area contributed by atoms with Gasteiger partial charge in [0.05, 0.1) is 0 Å². The van der Waals surface area contributed by atoms with Crippen LogP contribution in [-0.4, -0.2) is 48.1 Å². The number of hydrogen-bond donors (Lipinski definition) is 1. The molecule has 0 spiro atoms. The first-order valence-electron chi connectivity index (χ1n) is 6.99. The number of hydrogen-bond acceptors (Lipinski definition) is 5. The number of nitrogens with zero attached hydrogens (tertiary/aromatic N) is 4. The molecule has 110 valence electrons. The minimum atomic E-state index is 0.821. The van der Waals surface area contributed by atoms with E-state index in [0.29, 0.717) is 0 Å². The van der Waals surface area contributed by atoms with Crippen LogP contribution in [0.15, 0.2) is 41.1 Å². The minimum Gasteiger partial charge on any atom is -0.354 e. The van der Waals surface area contributed by atoms with E-state index in [1.54, 1.807) is 6.33 Å². The quantitative estimate of drug-likeness (QED) is 0.924. The zero-order chi connectivity index (χ0) is 14.7. The molecular formula is C15H18BrN5. The first-order valence-corrected chi connectivity index (χ1v) is 7.78. The Bertz CT molecular complexity index is 593. The predicted molar refractivity (Wildman–Crippen MR) is 89.2 cm³/mol. The van der Waals surface area contributed by atoms with E-state index >= 15 is 0 Å². The van der Waals surface area contributed by atoms with Gasteiger partial charge < -0.3 is 15.1 Å². The van der Waals surface area contributed by atoms with Gasteiger partial charge in [-0.05, 0) is 31.3 Å². The third-order valence-corrected chi connectivity index (χ3v) is 4.13. The van der Waals surface area contributed by atoms with E-state index in [9.17, 15) is 0 Å². The average molecular weight is 348 g/mol. The van der Waals surface area contributed by atoms with Gasteiger partial charge in [-0.2, -0.15) is 0 Å². The molecule has 1 aromatic heterocycles. The Labute approximate surface area is 133 Å². The Hall–Kier alpha value is -1.66. The van der Waals surface area contributed by atoms with E-state index in [-0.39, 0.29) is 0 Å². The maximum absolute atomic E-state index is 4.39. The fourth-order valence-electron chi connectivity index (χ4n) is 2.30. The summed E-state index contributed by atoms with van der Waals surface area (Å²) in [5.41, 5.74) is 1.02. The Morgan fingerprint density at radius 2 is 1.76 bits per heavy atom. The van der Waals surface area contributed by atoms with E-state index in [2.05, 4.69) is 48.1 Å². The van der Waals surface area contributed by atoms with Crippen LogP contribution in [0.25, 0.3) is 0 Å². The fraction of sp³-hybridized carbons (Fsp3) is 0.333. The number of likely N-dealkylation sites (N-methyl/N-ethyl adjacent to an activating group) is 1. The zero-order valence-electron chi connectivity index (χ0n) is 12.0. The molecule has 0 unspecified atom stereocenters. The van der Waals surface area contributed by atoms with E-state index in [4.69, 9.17) is 0 Å². The number of nitrogens with one attached hydrogen (secondary N) is 1. The minimum absolute atomic E-state index is 0.821. The second kappa shape index (κ2) is 6.41. The Morgan fingerprint density at radius 1 is 1.05 bits per heavy atom. The molecule has 0 atom stereocenters. The van der Waals surface area contributed by atoms with Crippen molar-refractivity contribution in [2.45, 2.75) is 0 Å². The van der Waals surface area contributed by atoms with Gasteiger partial charge in [-0.15, -0.1) is 0 Å². The SMILES string of the molecule is CN1CCN(c2cc(Nc3ccc(Br)cc3)ncn2)CC1. The predicted octanol–water partition coefficient (Wildman–Crippen LogP) is 2.73. The van der Waals surface area contributed by atoms with Crippen molar-refractivity contribution in [1.29, 1.82) is 0 Å². The van der Waals surface area contributed by atoms with Gasteiger partial charge in [-0.3, -0.25) is 0 Å². The van der Waals surface area contributed by atoms with Gasteiger partial charge in [-0.1, -0.05) is 15.9 Å². The normalized spacial score (nSPS) is 16.0. The summed E-state index contributed by atoms with van der Waals surface area (Å²) >= 11 is 3.44. The molecule has 1 aliphatic rings. The molecule has 0 bridgehead atoms. The number of anilines is 3. The summed E-state index contributed by atoms with van der Waals surface area (Å²) in [5.74, 6) is 1.80. The van der Waals surface area contributed by atoms with Gasteiger partial charge in [0, 0.05) is 42.4 Å². The van der Waals surface area contributed by atoms with Crippen molar-refractivity contribution in [3.8, 4) is 0 Å². The molecule has 0 saturated carbocycles. The second-order valence-electron chi connectivity index (χ2n) is 5.18. The van der Waals surface area contributed by atoms with Crippen LogP contribution in [0.2, 0.25) is 0 Å². The highest BCUT2D eigenvalue weighted by Gasteiger charge is 2.15.